The van der Waals surface area contributed by atoms with Crippen LogP contribution in [0.3, 0.4) is 0 Å². The summed E-state index contributed by atoms with van der Waals surface area (Å²) in [6, 6.07) is 13.3. The minimum Gasteiger partial charge on any atom is -0.339 e. The fourth-order valence-corrected chi connectivity index (χ4v) is 6.33. The maximum atomic E-state index is 12.5. The average Bonchev–Trinajstić information content (AvgIpc) is 3.16. The molecule has 0 aliphatic carbocycles. The van der Waals surface area contributed by atoms with Gasteiger partial charge in [0.15, 0.2) is 5.82 Å². The van der Waals surface area contributed by atoms with Gasteiger partial charge < -0.3 is 4.52 Å². The molecule has 0 atom stereocenters. The van der Waals surface area contributed by atoms with Crippen LogP contribution in [0, 0.1) is 0 Å². The molecule has 0 spiro atoms. The summed E-state index contributed by atoms with van der Waals surface area (Å²) >= 11 is 4.50. The number of thiophene rings is 1. The molecule has 0 amide bonds. The quantitative estimate of drug-likeness (QED) is 0.609. The third kappa shape index (κ3) is 3.41. The van der Waals surface area contributed by atoms with Crippen LogP contribution in [0.15, 0.2) is 55.0 Å². The van der Waals surface area contributed by atoms with Crippen LogP contribution in [0.5, 0.6) is 0 Å². The van der Waals surface area contributed by atoms with Crippen molar-refractivity contribution in [2.45, 2.75) is 16.5 Å². The van der Waals surface area contributed by atoms with E-state index in [0.717, 1.165) is 9.35 Å². The van der Waals surface area contributed by atoms with Crippen LogP contribution in [0.25, 0.3) is 0 Å². The first-order valence-electron chi connectivity index (χ1n) is 7.64. The first kappa shape index (κ1) is 16.9. The first-order valence-corrected chi connectivity index (χ1v) is 10.7. The number of hydrogen-bond acceptors (Lipinski definition) is 6. The standard InChI is InChI=1S/C16H14BrN3O3S2/c17-13-6-7-15(24-13)25(21,22)20-9-12(10-20)16-18-14(19-23-16)8-11-4-2-1-3-5-11/h1-7,12H,8-10H2. The zero-order valence-electron chi connectivity index (χ0n) is 13.0. The van der Waals surface area contributed by atoms with Gasteiger partial charge in [-0.25, -0.2) is 8.42 Å². The topological polar surface area (TPSA) is 76.3 Å². The van der Waals surface area contributed by atoms with E-state index in [-0.39, 0.29) is 5.92 Å². The van der Waals surface area contributed by atoms with E-state index in [1.807, 2.05) is 30.3 Å². The van der Waals surface area contributed by atoms with E-state index >= 15 is 0 Å². The predicted octanol–water partition coefficient (Wildman–Crippen LogP) is 3.27. The average molecular weight is 440 g/mol. The summed E-state index contributed by atoms with van der Waals surface area (Å²) in [5.74, 6) is 1.07. The summed E-state index contributed by atoms with van der Waals surface area (Å²) in [4.78, 5) is 4.42. The van der Waals surface area contributed by atoms with Crippen molar-refractivity contribution in [2.24, 2.45) is 0 Å². The number of halogens is 1. The van der Waals surface area contributed by atoms with Crippen LogP contribution in [0.4, 0.5) is 0 Å². The molecular weight excluding hydrogens is 426 g/mol. The monoisotopic (exact) mass is 439 g/mol. The molecular formula is C16H14BrN3O3S2. The molecule has 0 bridgehead atoms. The third-order valence-electron chi connectivity index (χ3n) is 4.03. The van der Waals surface area contributed by atoms with Gasteiger partial charge in [-0.3, -0.25) is 0 Å². The maximum absolute atomic E-state index is 12.5. The van der Waals surface area contributed by atoms with E-state index in [9.17, 15) is 8.42 Å². The lowest BCUT2D eigenvalue weighted by Crippen LogP contribution is -2.48. The normalized spacial score (nSPS) is 16.0. The SMILES string of the molecule is O=S(=O)(c1ccc(Br)s1)N1CC(c2nc(Cc3ccccc3)no2)C1. The van der Waals surface area contributed by atoms with Crippen LogP contribution in [-0.2, 0) is 16.4 Å². The number of rotatable bonds is 5. The largest absolute Gasteiger partial charge is 0.339 e. The van der Waals surface area contributed by atoms with Gasteiger partial charge in [0, 0.05) is 19.5 Å². The molecule has 1 aliphatic heterocycles. The summed E-state index contributed by atoms with van der Waals surface area (Å²) < 4.78 is 32.9. The van der Waals surface area contributed by atoms with Gasteiger partial charge in [0.25, 0.3) is 10.0 Å². The van der Waals surface area contributed by atoms with E-state index in [0.29, 0.717) is 35.4 Å². The molecule has 0 unspecified atom stereocenters. The molecule has 4 rings (SSSR count). The van der Waals surface area contributed by atoms with Gasteiger partial charge in [-0.15, -0.1) is 11.3 Å². The van der Waals surface area contributed by atoms with Crippen molar-refractivity contribution >= 4 is 37.3 Å². The molecule has 3 aromatic rings. The number of sulfonamides is 1. The van der Waals surface area contributed by atoms with E-state index in [2.05, 4.69) is 26.1 Å². The molecule has 130 valence electrons. The molecule has 0 N–H and O–H groups in total. The number of benzene rings is 1. The highest BCUT2D eigenvalue weighted by Gasteiger charge is 2.40. The molecule has 1 aromatic carbocycles. The fourth-order valence-electron chi connectivity index (χ4n) is 2.64. The molecule has 3 heterocycles. The van der Waals surface area contributed by atoms with Crippen LogP contribution < -0.4 is 0 Å². The highest BCUT2D eigenvalue weighted by molar-refractivity contribution is 9.11. The Kier molecular flexibility index (Phi) is 4.48. The molecule has 0 radical (unpaired) electrons. The van der Waals surface area contributed by atoms with Crippen molar-refractivity contribution < 1.29 is 12.9 Å². The van der Waals surface area contributed by atoms with Crippen LogP contribution >= 0.6 is 27.3 Å². The van der Waals surface area contributed by atoms with Crippen LogP contribution in [0.1, 0.15) is 23.2 Å². The van der Waals surface area contributed by atoms with Gasteiger partial charge in [-0.2, -0.15) is 9.29 Å². The Morgan fingerprint density at radius 2 is 1.96 bits per heavy atom. The molecule has 9 heteroatoms. The van der Waals surface area contributed by atoms with Gasteiger partial charge in [0.1, 0.15) is 4.21 Å². The molecule has 1 fully saturated rings. The highest BCUT2D eigenvalue weighted by Crippen LogP contribution is 2.34. The molecule has 1 saturated heterocycles. The van der Waals surface area contributed by atoms with Crippen LogP contribution in [0.2, 0.25) is 0 Å². The summed E-state index contributed by atoms with van der Waals surface area (Å²) in [5.41, 5.74) is 1.11. The van der Waals surface area contributed by atoms with Crippen molar-refractivity contribution in [1.29, 1.82) is 0 Å². The second-order valence-corrected chi connectivity index (χ2v) is 10.4. The molecule has 6 nitrogen and oxygen atoms in total. The van der Waals surface area contributed by atoms with Crippen LogP contribution in [-0.4, -0.2) is 36.0 Å². The minimum absolute atomic E-state index is 0.0461. The lowest BCUT2D eigenvalue weighted by Gasteiger charge is -2.35. The van der Waals surface area contributed by atoms with Crippen molar-refractivity contribution in [1.82, 2.24) is 14.4 Å². The van der Waals surface area contributed by atoms with E-state index in [1.165, 1.54) is 15.6 Å². The van der Waals surface area contributed by atoms with Crippen molar-refractivity contribution in [2.75, 3.05) is 13.1 Å². The molecule has 2 aromatic heterocycles. The van der Waals surface area contributed by atoms with Gasteiger partial charge in [-0.1, -0.05) is 35.5 Å². The lowest BCUT2D eigenvalue weighted by molar-refractivity contribution is 0.217. The Morgan fingerprint density at radius 1 is 1.20 bits per heavy atom. The fraction of sp³-hybridized carbons (Fsp3) is 0.250. The van der Waals surface area contributed by atoms with E-state index < -0.39 is 10.0 Å². The van der Waals surface area contributed by atoms with Gasteiger partial charge in [0.2, 0.25) is 5.89 Å². The maximum Gasteiger partial charge on any atom is 0.252 e. The Bertz CT molecular complexity index is 979. The summed E-state index contributed by atoms with van der Waals surface area (Å²) in [6.07, 6.45) is 0.599. The first-order chi connectivity index (χ1) is 12.0. The zero-order valence-corrected chi connectivity index (χ0v) is 16.2. The second kappa shape index (κ2) is 6.64. The predicted molar refractivity (Wildman–Crippen MR) is 97.1 cm³/mol. The summed E-state index contributed by atoms with van der Waals surface area (Å²) in [5, 5.41) is 4.00. The van der Waals surface area contributed by atoms with Crippen molar-refractivity contribution in [3.8, 4) is 0 Å². The minimum atomic E-state index is -3.43. The number of aromatic nitrogens is 2. The lowest BCUT2D eigenvalue weighted by atomic mass is 10.0. The third-order valence-corrected chi connectivity index (χ3v) is 7.95. The Morgan fingerprint density at radius 3 is 2.64 bits per heavy atom. The summed E-state index contributed by atoms with van der Waals surface area (Å²) in [7, 11) is -3.43. The van der Waals surface area contributed by atoms with Crippen molar-refractivity contribution in [3.63, 3.8) is 0 Å². The Balaban J connectivity index is 1.41. The Hall–Kier alpha value is -1.55. The van der Waals surface area contributed by atoms with Gasteiger partial charge in [0.05, 0.1) is 9.70 Å². The van der Waals surface area contributed by atoms with E-state index in [1.54, 1.807) is 12.1 Å². The molecule has 25 heavy (non-hydrogen) atoms. The number of nitrogens with zero attached hydrogens (tertiary/aromatic N) is 3. The van der Waals surface area contributed by atoms with E-state index in [4.69, 9.17) is 4.52 Å². The second-order valence-electron chi connectivity index (χ2n) is 5.79. The number of hydrogen-bond donors (Lipinski definition) is 0. The molecule has 1 aliphatic rings. The summed E-state index contributed by atoms with van der Waals surface area (Å²) in [6.45, 7) is 0.732. The zero-order chi connectivity index (χ0) is 17.4. The van der Waals surface area contributed by atoms with Gasteiger partial charge in [-0.05, 0) is 33.6 Å². The van der Waals surface area contributed by atoms with Crippen molar-refractivity contribution in [3.05, 3.63) is 63.5 Å². The molecule has 0 saturated carbocycles. The van der Waals surface area contributed by atoms with Gasteiger partial charge >= 0.3 is 0 Å². The smallest absolute Gasteiger partial charge is 0.252 e. The highest BCUT2D eigenvalue weighted by atomic mass is 79.9. The Labute approximate surface area is 157 Å².